The number of fused-ring (bicyclic) bond motifs is 1. The zero-order valence-electron chi connectivity index (χ0n) is 22.3. The fourth-order valence-corrected chi connectivity index (χ4v) is 4.59. The molecule has 44 heavy (non-hydrogen) atoms. The number of anilines is 2. The molecule has 0 radical (unpaired) electrons. The molecule has 14 N–H and O–H groups in total. The van der Waals surface area contributed by atoms with E-state index in [1.54, 1.807) is 0 Å². The average Bonchev–Trinajstić information content (AvgIpc) is 2.91. The third-order valence-corrected chi connectivity index (χ3v) is 6.79. The lowest BCUT2D eigenvalue weighted by atomic mass is 10.0. The van der Waals surface area contributed by atoms with E-state index >= 15 is 4.39 Å². The van der Waals surface area contributed by atoms with Crippen LogP contribution in [0.3, 0.4) is 0 Å². The molecule has 1 aromatic carbocycles. The van der Waals surface area contributed by atoms with Gasteiger partial charge in [0.2, 0.25) is 5.43 Å². The first-order valence-electron chi connectivity index (χ1n) is 11.9. The topological polar surface area (TPSA) is 306 Å². The summed E-state index contributed by atoms with van der Waals surface area (Å²) in [5.41, 5.74) is 2.89. The number of nitrogens with zero attached hydrogens (tertiary/aromatic N) is 3. The van der Waals surface area contributed by atoms with E-state index in [1.165, 1.54) is 4.90 Å². The molecule has 3 aromatic rings. The van der Waals surface area contributed by atoms with Crippen LogP contribution in [0.5, 0.6) is 0 Å². The van der Waals surface area contributed by atoms with Crippen LogP contribution in [0.1, 0.15) is 10.4 Å². The van der Waals surface area contributed by atoms with E-state index in [0.717, 1.165) is 10.8 Å². The van der Waals surface area contributed by atoms with E-state index in [-0.39, 0.29) is 40.7 Å². The molecule has 0 spiro atoms. The van der Waals surface area contributed by atoms with Crippen LogP contribution in [0.4, 0.5) is 24.7 Å². The number of aliphatic hydroxyl groups is 6. The van der Waals surface area contributed by atoms with Crippen LogP contribution in [0.2, 0.25) is 5.02 Å². The van der Waals surface area contributed by atoms with E-state index in [2.05, 4.69) is 4.98 Å². The van der Waals surface area contributed by atoms with Crippen LogP contribution in [-0.2, 0) is 4.74 Å². The zero-order chi connectivity index (χ0) is 30.3. The van der Waals surface area contributed by atoms with Crippen molar-refractivity contribution < 1.29 is 69.8 Å². The predicted octanol–water partition coefficient (Wildman–Crippen LogP) is -3.66. The average molecular weight is 659 g/mol. The Labute approximate surface area is 249 Å². The number of hydrogen-bond acceptors (Lipinski definition) is 12. The van der Waals surface area contributed by atoms with Gasteiger partial charge in [-0.15, -0.1) is 0 Å². The number of benzene rings is 1. The van der Waals surface area contributed by atoms with E-state index in [0.29, 0.717) is 12.1 Å². The SMILES string of the molecule is Nc1nc(-n2cc(C(=O)OC[C@H](O)[C@@H](O)[C@H](O)[C@H](O)CO)c(=O)c3cc(F)c(N4CC(O)C4)c(Cl)c32)c(F)cc1F.O.O.O. The number of pyridine rings is 2. The summed E-state index contributed by atoms with van der Waals surface area (Å²) in [6.07, 6.45) is -8.02. The molecule has 4 rings (SSSR count). The fourth-order valence-electron chi connectivity index (χ4n) is 4.19. The lowest BCUT2D eigenvalue weighted by molar-refractivity contribution is -0.124. The number of aliphatic hydroxyl groups excluding tert-OH is 6. The Hall–Kier alpha value is -3.63. The third kappa shape index (κ3) is 7.02. The highest BCUT2D eigenvalue weighted by Crippen LogP contribution is 2.38. The Morgan fingerprint density at radius 1 is 1.05 bits per heavy atom. The predicted molar refractivity (Wildman–Crippen MR) is 147 cm³/mol. The summed E-state index contributed by atoms with van der Waals surface area (Å²) >= 11 is 6.47. The maximum Gasteiger partial charge on any atom is 0.343 e. The molecular weight excluding hydrogens is 629 g/mol. The van der Waals surface area contributed by atoms with Crippen molar-refractivity contribution in [2.75, 3.05) is 36.9 Å². The molecule has 0 unspecified atom stereocenters. The van der Waals surface area contributed by atoms with Gasteiger partial charge in [-0.25, -0.2) is 22.9 Å². The maximum absolute atomic E-state index is 15.2. The van der Waals surface area contributed by atoms with Crippen molar-refractivity contribution in [3.05, 3.63) is 56.6 Å². The molecule has 16 nitrogen and oxygen atoms in total. The minimum absolute atomic E-state index is 0. The number of rotatable bonds is 9. The lowest BCUT2D eigenvalue weighted by Crippen LogP contribution is -2.51. The molecule has 2 aromatic heterocycles. The molecule has 3 heterocycles. The number of esters is 1. The van der Waals surface area contributed by atoms with Gasteiger partial charge in [-0.1, -0.05) is 11.6 Å². The van der Waals surface area contributed by atoms with Crippen molar-refractivity contribution >= 4 is 40.0 Å². The summed E-state index contributed by atoms with van der Waals surface area (Å²) in [4.78, 5) is 31.1. The normalized spacial score (nSPS) is 15.6. The molecular formula is C24H30ClF3N4O12. The Kier molecular flexibility index (Phi) is 13.0. The molecule has 0 aliphatic carbocycles. The lowest BCUT2D eigenvalue weighted by Gasteiger charge is -2.38. The summed E-state index contributed by atoms with van der Waals surface area (Å²) in [6, 6.07) is 1.10. The second-order valence-electron chi connectivity index (χ2n) is 9.28. The van der Waals surface area contributed by atoms with Crippen molar-refractivity contribution in [2.45, 2.75) is 30.5 Å². The van der Waals surface area contributed by atoms with Crippen molar-refractivity contribution in [2.24, 2.45) is 0 Å². The quantitative estimate of drug-likeness (QED) is 0.109. The van der Waals surface area contributed by atoms with Gasteiger partial charge in [0, 0.05) is 25.4 Å². The molecule has 4 atom stereocenters. The van der Waals surface area contributed by atoms with Crippen molar-refractivity contribution in [3.8, 4) is 5.82 Å². The summed E-state index contributed by atoms with van der Waals surface area (Å²) < 4.78 is 49.6. The van der Waals surface area contributed by atoms with Crippen LogP contribution < -0.4 is 16.1 Å². The van der Waals surface area contributed by atoms with Gasteiger partial charge in [0.15, 0.2) is 23.3 Å². The Morgan fingerprint density at radius 2 is 1.64 bits per heavy atom. The number of nitrogen functional groups attached to an aromatic ring is 1. The van der Waals surface area contributed by atoms with E-state index in [9.17, 15) is 43.9 Å². The molecule has 0 bridgehead atoms. The first-order chi connectivity index (χ1) is 19.3. The van der Waals surface area contributed by atoms with Crippen molar-refractivity contribution in [3.63, 3.8) is 0 Å². The van der Waals surface area contributed by atoms with Gasteiger partial charge in [-0.2, -0.15) is 0 Å². The number of nitrogens with two attached hydrogens (primary N) is 1. The number of carbonyl (C=O) groups excluding carboxylic acids is 1. The standard InChI is InChI=1S/C24H24ClF3N4O9.3H2O/c25-16-17-9(1-11(26)18(16)31-3-8(34)4-31)19(37)10(5-32(17)23-13(28)2-12(27)22(29)30-23)24(40)41-7-15(36)21(39)20(38)14(35)6-33;;;/h1-2,5,8,14-15,20-21,33-36,38-39H,3-4,6-7H2,(H2,29,30);3*1H2/t14-,15+,20-,21-;;;/m1.../s1. The Balaban J connectivity index is 0.00000323. The highest BCUT2D eigenvalue weighted by molar-refractivity contribution is 6.38. The highest BCUT2D eigenvalue weighted by atomic mass is 35.5. The summed E-state index contributed by atoms with van der Waals surface area (Å²) in [5.74, 6) is -6.51. The van der Waals surface area contributed by atoms with Gasteiger partial charge in [0.25, 0.3) is 0 Å². The van der Waals surface area contributed by atoms with Gasteiger partial charge < -0.3 is 62.4 Å². The number of halogens is 4. The van der Waals surface area contributed by atoms with Crippen LogP contribution in [-0.4, -0.2) is 119 Å². The molecule has 1 fully saturated rings. The Bertz CT molecular complexity index is 1560. The molecule has 0 amide bonds. The number of ether oxygens (including phenoxy) is 1. The maximum atomic E-state index is 15.2. The molecule has 1 aliphatic rings. The molecule has 20 heteroatoms. The largest absolute Gasteiger partial charge is 0.459 e. The molecule has 246 valence electrons. The number of carbonyl (C=O) groups is 1. The van der Waals surface area contributed by atoms with Crippen LogP contribution in [0, 0.1) is 17.5 Å². The molecule has 1 saturated heterocycles. The summed E-state index contributed by atoms with van der Waals surface area (Å²) in [7, 11) is 0. The number of aromatic nitrogens is 2. The van der Waals surface area contributed by atoms with E-state index in [1.807, 2.05) is 0 Å². The second-order valence-corrected chi connectivity index (χ2v) is 9.65. The highest BCUT2D eigenvalue weighted by Gasteiger charge is 2.33. The molecule has 0 saturated carbocycles. The first kappa shape index (κ1) is 38.4. The van der Waals surface area contributed by atoms with Crippen molar-refractivity contribution in [1.29, 1.82) is 0 Å². The van der Waals surface area contributed by atoms with Gasteiger partial charge in [-0.05, 0) is 6.07 Å². The fraction of sp³-hybridized carbons (Fsp3) is 0.375. The van der Waals surface area contributed by atoms with Crippen LogP contribution in [0.25, 0.3) is 16.7 Å². The number of hydrogen-bond donors (Lipinski definition) is 7. The summed E-state index contributed by atoms with van der Waals surface area (Å²) in [5, 5.41) is 56.6. The van der Waals surface area contributed by atoms with Gasteiger partial charge in [0.1, 0.15) is 42.4 Å². The monoisotopic (exact) mass is 658 g/mol. The summed E-state index contributed by atoms with van der Waals surface area (Å²) in [6.45, 7) is -2.01. The molecule has 1 aliphatic heterocycles. The smallest absolute Gasteiger partial charge is 0.343 e. The van der Waals surface area contributed by atoms with Crippen molar-refractivity contribution in [1.82, 2.24) is 9.55 Å². The van der Waals surface area contributed by atoms with E-state index in [4.69, 9.17) is 27.2 Å². The van der Waals surface area contributed by atoms with Gasteiger partial charge in [-0.3, -0.25) is 9.36 Å². The van der Waals surface area contributed by atoms with Gasteiger partial charge in [0.05, 0.1) is 34.3 Å². The van der Waals surface area contributed by atoms with Crippen LogP contribution in [0.15, 0.2) is 23.1 Å². The zero-order valence-corrected chi connectivity index (χ0v) is 23.0. The van der Waals surface area contributed by atoms with Crippen LogP contribution >= 0.6 is 11.6 Å². The van der Waals surface area contributed by atoms with E-state index < -0.39 is 100 Å². The first-order valence-corrected chi connectivity index (χ1v) is 12.3. The minimum atomic E-state index is -2.09. The third-order valence-electron chi connectivity index (χ3n) is 6.43. The van der Waals surface area contributed by atoms with Gasteiger partial charge >= 0.3 is 5.97 Å². The minimum Gasteiger partial charge on any atom is -0.459 e. The Morgan fingerprint density at radius 3 is 2.20 bits per heavy atom. The second kappa shape index (κ2) is 14.9. The number of β-amino-alcohol motifs (C(OH)–C–C–N with tert-alkyl or cyclic N) is 1.